The van der Waals surface area contributed by atoms with Crippen molar-refractivity contribution in [3.8, 4) is 23.7 Å². The molecule has 156 valence electrons. The summed E-state index contributed by atoms with van der Waals surface area (Å²) in [4.78, 5) is 0. The lowest BCUT2D eigenvalue weighted by Crippen LogP contribution is -2.13. The van der Waals surface area contributed by atoms with Crippen LogP contribution in [0.5, 0.6) is 0 Å². The van der Waals surface area contributed by atoms with E-state index in [-0.39, 0.29) is 0 Å². The summed E-state index contributed by atoms with van der Waals surface area (Å²) in [7, 11) is 0. The van der Waals surface area contributed by atoms with E-state index in [9.17, 15) is 0 Å². The SMILES string of the molecule is CCCCCCCC1CCC(C#CC=CC#Cc2ccc(CCCC)cc2)CC1. The molecule has 0 N–H and O–H groups in total. The van der Waals surface area contributed by atoms with Gasteiger partial charge in [-0.15, -0.1) is 0 Å². The molecule has 29 heavy (non-hydrogen) atoms. The Bertz CT molecular complexity index is 690. The van der Waals surface area contributed by atoms with Crippen LogP contribution in [-0.4, -0.2) is 0 Å². The fourth-order valence-corrected chi connectivity index (χ4v) is 4.14. The highest BCUT2D eigenvalue weighted by Crippen LogP contribution is 2.31. The molecule has 1 fully saturated rings. The zero-order valence-corrected chi connectivity index (χ0v) is 18.8. The van der Waals surface area contributed by atoms with Gasteiger partial charge in [0.05, 0.1) is 0 Å². The minimum Gasteiger partial charge on any atom is -0.0951 e. The Morgan fingerprint density at radius 3 is 2.21 bits per heavy atom. The molecule has 0 unspecified atom stereocenters. The van der Waals surface area contributed by atoms with Crippen LogP contribution in [0.25, 0.3) is 0 Å². The molecule has 0 aromatic heterocycles. The lowest BCUT2D eigenvalue weighted by molar-refractivity contribution is 0.294. The molecule has 1 aliphatic rings. The summed E-state index contributed by atoms with van der Waals surface area (Å²) in [5, 5.41) is 0. The molecular formula is C29H40. The molecule has 1 saturated carbocycles. The zero-order chi connectivity index (χ0) is 20.6. The molecule has 2 rings (SSSR count). The summed E-state index contributed by atoms with van der Waals surface area (Å²) in [6.07, 6.45) is 21.3. The fourth-order valence-electron chi connectivity index (χ4n) is 4.14. The highest BCUT2D eigenvalue weighted by molar-refractivity contribution is 5.39. The maximum atomic E-state index is 3.45. The van der Waals surface area contributed by atoms with E-state index in [1.165, 1.54) is 89.0 Å². The van der Waals surface area contributed by atoms with Crippen LogP contribution >= 0.6 is 0 Å². The van der Waals surface area contributed by atoms with E-state index < -0.39 is 0 Å². The quantitative estimate of drug-likeness (QED) is 0.296. The first-order valence-electron chi connectivity index (χ1n) is 12.1. The van der Waals surface area contributed by atoms with Crippen LogP contribution in [0, 0.1) is 35.5 Å². The van der Waals surface area contributed by atoms with Gasteiger partial charge in [0, 0.05) is 11.5 Å². The Morgan fingerprint density at radius 2 is 1.48 bits per heavy atom. The van der Waals surface area contributed by atoms with Crippen molar-refractivity contribution in [2.45, 2.75) is 97.3 Å². The van der Waals surface area contributed by atoms with Gasteiger partial charge in [-0.25, -0.2) is 0 Å². The molecule has 0 amide bonds. The van der Waals surface area contributed by atoms with Crippen LogP contribution in [-0.2, 0) is 6.42 Å². The third-order valence-electron chi connectivity index (χ3n) is 6.09. The summed E-state index contributed by atoms with van der Waals surface area (Å²) >= 11 is 0. The monoisotopic (exact) mass is 388 g/mol. The first kappa shape index (κ1) is 23.4. The van der Waals surface area contributed by atoms with Crippen LogP contribution in [0.3, 0.4) is 0 Å². The van der Waals surface area contributed by atoms with Crippen molar-refractivity contribution >= 4 is 0 Å². The number of unbranched alkanes of at least 4 members (excludes halogenated alkanes) is 5. The minimum absolute atomic E-state index is 0.597. The topological polar surface area (TPSA) is 0 Å². The molecule has 0 atom stereocenters. The van der Waals surface area contributed by atoms with Gasteiger partial charge in [0.1, 0.15) is 0 Å². The maximum absolute atomic E-state index is 3.45. The Balaban J connectivity index is 1.64. The van der Waals surface area contributed by atoms with Crippen LogP contribution in [0.15, 0.2) is 36.4 Å². The van der Waals surface area contributed by atoms with Crippen LogP contribution in [0.2, 0.25) is 0 Å². The predicted octanol–water partition coefficient (Wildman–Crippen LogP) is 8.11. The van der Waals surface area contributed by atoms with E-state index in [1.54, 1.807) is 0 Å². The summed E-state index contributed by atoms with van der Waals surface area (Å²) in [6, 6.07) is 8.65. The smallest absolute Gasteiger partial charge is 0.0249 e. The molecule has 1 aromatic carbocycles. The average molecular weight is 389 g/mol. The van der Waals surface area contributed by atoms with Crippen LogP contribution < -0.4 is 0 Å². The summed E-state index contributed by atoms with van der Waals surface area (Å²) in [5.41, 5.74) is 2.49. The van der Waals surface area contributed by atoms with E-state index >= 15 is 0 Å². The lowest BCUT2D eigenvalue weighted by Gasteiger charge is -2.25. The Hall–Kier alpha value is -1.92. The number of benzene rings is 1. The summed E-state index contributed by atoms with van der Waals surface area (Å²) in [6.45, 7) is 4.52. The second-order valence-electron chi connectivity index (χ2n) is 8.61. The lowest BCUT2D eigenvalue weighted by atomic mass is 9.80. The fraction of sp³-hybridized carbons (Fsp3) is 0.586. The van der Waals surface area contributed by atoms with Gasteiger partial charge in [-0.1, -0.05) is 94.6 Å². The van der Waals surface area contributed by atoms with Crippen molar-refractivity contribution in [1.82, 2.24) is 0 Å². The molecule has 1 aromatic rings. The molecule has 0 heterocycles. The molecule has 0 aliphatic heterocycles. The zero-order valence-electron chi connectivity index (χ0n) is 18.8. The molecule has 0 heteroatoms. The van der Waals surface area contributed by atoms with Crippen molar-refractivity contribution < 1.29 is 0 Å². The molecular weight excluding hydrogens is 348 g/mol. The van der Waals surface area contributed by atoms with Crippen LogP contribution in [0.1, 0.15) is 102 Å². The molecule has 0 saturated heterocycles. The van der Waals surface area contributed by atoms with Gasteiger partial charge < -0.3 is 0 Å². The average Bonchev–Trinajstić information content (AvgIpc) is 2.76. The standard InChI is InChI=1S/C29H40/c1-3-5-7-8-11-15-27-22-24-29(25-23-27)17-13-10-9-12-16-28-20-18-26(19-21-28)14-6-4-2/h9-10,18-21,27,29H,3-8,11,14-15,22-25H2,1-2H3. The Kier molecular flexibility index (Phi) is 12.1. The second kappa shape index (κ2) is 15.0. The molecule has 0 nitrogen and oxygen atoms in total. The van der Waals surface area contributed by atoms with E-state index in [4.69, 9.17) is 0 Å². The summed E-state index contributed by atoms with van der Waals surface area (Å²) in [5.74, 6) is 14.5. The second-order valence-corrected chi connectivity index (χ2v) is 8.61. The van der Waals surface area contributed by atoms with Crippen molar-refractivity contribution in [1.29, 1.82) is 0 Å². The van der Waals surface area contributed by atoms with E-state index in [0.717, 1.165) is 11.5 Å². The van der Waals surface area contributed by atoms with E-state index in [1.807, 2.05) is 12.2 Å². The van der Waals surface area contributed by atoms with Gasteiger partial charge in [-0.05, 0) is 74.3 Å². The number of hydrogen-bond donors (Lipinski definition) is 0. The molecule has 0 radical (unpaired) electrons. The molecule has 0 bridgehead atoms. The van der Waals surface area contributed by atoms with E-state index in [2.05, 4.69) is 61.8 Å². The van der Waals surface area contributed by atoms with Crippen LogP contribution in [0.4, 0.5) is 0 Å². The van der Waals surface area contributed by atoms with E-state index in [0.29, 0.717) is 5.92 Å². The Morgan fingerprint density at radius 1 is 0.793 bits per heavy atom. The van der Waals surface area contributed by atoms with Gasteiger partial charge in [-0.2, -0.15) is 0 Å². The number of aryl methyl sites for hydroxylation is 1. The van der Waals surface area contributed by atoms with Gasteiger partial charge in [0.15, 0.2) is 0 Å². The largest absolute Gasteiger partial charge is 0.0951 e. The molecule has 0 spiro atoms. The van der Waals surface area contributed by atoms with Crippen molar-refractivity contribution in [3.05, 3.63) is 47.5 Å². The summed E-state index contributed by atoms with van der Waals surface area (Å²) < 4.78 is 0. The predicted molar refractivity (Wildman–Crippen MR) is 128 cm³/mol. The van der Waals surface area contributed by atoms with Gasteiger partial charge in [0.25, 0.3) is 0 Å². The first-order valence-corrected chi connectivity index (χ1v) is 12.1. The highest BCUT2D eigenvalue weighted by atomic mass is 14.2. The highest BCUT2D eigenvalue weighted by Gasteiger charge is 2.19. The third kappa shape index (κ3) is 10.4. The maximum Gasteiger partial charge on any atom is 0.0249 e. The Labute approximate surface area is 180 Å². The normalized spacial score (nSPS) is 18.7. The third-order valence-corrected chi connectivity index (χ3v) is 6.09. The number of allylic oxidation sites excluding steroid dienone is 2. The van der Waals surface area contributed by atoms with Gasteiger partial charge >= 0.3 is 0 Å². The van der Waals surface area contributed by atoms with Gasteiger partial charge in [0.2, 0.25) is 0 Å². The number of rotatable bonds is 9. The molecule has 1 aliphatic carbocycles. The van der Waals surface area contributed by atoms with Crippen molar-refractivity contribution in [2.75, 3.05) is 0 Å². The first-order chi connectivity index (χ1) is 14.3. The van der Waals surface area contributed by atoms with Crippen molar-refractivity contribution in [3.63, 3.8) is 0 Å². The minimum atomic E-state index is 0.597. The van der Waals surface area contributed by atoms with Gasteiger partial charge in [-0.3, -0.25) is 0 Å². The van der Waals surface area contributed by atoms with Crippen molar-refractivity contribution in [2.24, 2.45) is 11.8 Å². The number of hydrogen-bond acceptors (Lipinski definition) is 0.